The van der Waals surface area contributed by atoms with Crippen LogP contribution < -0.4 is 5.32 Å². The maximum absolute atomic E-state index is 13.1. The first-order valence-corrected chi connectivity index (χ1v) is 7.69. The van der Waals surface area contributed by atoms with Gasteiger partial charge in [-0.2, -0.15) is 0 Å². The average molecular weight is 343 g/mol. The van der Waals surface area contributed by atoms with E-state index in [1.807, 2.05) is 0 Å². The van der Waals surface area contributed by atoms with E-state index in [-0.39, 0.29) is 23.6 Å². The lowest BCUT2D eigenvalue weighted by Gasteiger charge is -2.35. The van der Waals surface area contributed by atoms with Gasteiger partial charge in [0.1, 0.15) is 5.82 Å². The second-order valence-corrected chi connectivity index (χ2v) is 5.97. The van der Waals surface area contributed by atoms with Crippen molar-refractivity contribution in [3.05, 3.63) is 34.6 Å². The average Bonchev–Trinajstić information content (AvgIpc) is 2.55. The Balaban J connectivity index is 1.81. The molecule has 0 aliphatic carbocycles. The summed E-state index contributed by atoms with van der Waals surface area (Å²) in [7, 11) is 3.41. The summed E-state index contributed by atoms with van der Waals surface area (Å²) in [4.78, 5) is 28.9. The van der Waals surface area contributed by atoms with E-state index in [0.29, 0.717) is 26.2 Å². The lowest BCUT2D eigenvalue weighted by Crippen LogP contribution is -2.54. The summed E-state index contributed by atoms with van der Waals surface area (Å²) in [5.41, 5.74) is 0.728. The molecular weight excluding hydrogens is 323 g/mol. The monoisotopic (exact) mass is 342 g/mol. The highest BCUT2D eigenvalue weighted by Crippen LogP contribution is 2.16. The van der Waals surface area contributed by atoms with Crippen LogP contribution >= 0.6 is 11.6 Å². The first kappa shape index (κ1) is 17.3. The van der Waals surface area contributed by atoms with Gasteiger partial charge in [0.2, 0.25) is 0 Å². The van der Waals surface area contributed by atoms with Crippen molar-refractivity contribution in [3.63, 3.8) is 0 Å². The number of halogens is 2. The minimum absolute atomic E-state index is 0.0348. The lowest BCUT2D eigenvalue weighted by atomic mass is 10.2. The molecule has 1 N–H and O–H groups in total. The van der Waals surface area contributed by atoms with Crippen molar-refractivity contribution >= 4 is 23.7 Å². The quantitative estimate of drug-likeness (QED) is 0.893. The summed E-state index contributed by atoms with van der Waals surface area (Å²) >= 11 is 5.71. The molecule has 1 aromatic carbocycles. The fourth-order valence-electron chi connectivity index (χ4n) is 2.32. The molecule has 6 nitrogen and oxygen atoms in total. The summed E-state index contributed by atoms with van der Waals surface area (Å²) in [5.74, 6) is -0.483. The van der Waals surface area contributed by atoms with Crippen LogP contribution in [0, 0.1) is 5.82 Å². The van der Waals surface area contributed by atoms with Gasteiger partial charge in [0.15, 0.2) is 0 Å². The number of piperazine rings is 1. The highest BCUT2D eigenvalue weighted by molar-refractivity contribution is 6.30. The van der Waals surface area contributed by atoms with Crippen molar-refractivity contribution in [3.8, 4) is 0 Å². The standard InChI is InChI=1S/C15H20ClFN4O2/c1-19(2)15(23)21-7-5-20(6-8-21)14(22)18-10-11-3-4-13(17)12(16)9-11/h3-4,9H,5-8,10H2,1-2H3,(H,18,22). The SMILES string of the molecule is CN(C)C(=O)N1CCN(C(=O)NCc2ccc(F)c(Cl)c2)CC1. The van der Waals surface area contributed by atoms with Gasteiger partial charge in [-0.3, -0.25) is 0 Å². The molecule has 0 atom stereocenters. The number of carbonyl (C=O) groups is 2. The minimum Gasteiger partial charge on any atom is -0.334 e. The number of hydrogen-bond donors (Lipinski definition) is 1. The van der Waals surface area contributed by atoms with Gasteiger partial charge in [-0.15, -0.1) is 0 Å². The highest BCUT2D eigenvalue weighted by atomic mass is 35.5. The van der Waals surface area contributed by atoms with E-state index < -0.39 is 5.82 Å². The Morgan fingerprint density at radius 1 is 1.22 bits per heavy atom. The van der Waals surface area contributed by atoms with E-state index in [0.717, 1.165) is 5.56 Å². The molecule has 126 valence electrons. The Bertz CT molecular complexity index is 589. The van der Waals surface area contributed by atoms with Gasteiger partial charge in [0.05, 0.1) is 5.02 Å². The molecule has 0 bridgehead atoms. The lowest BCUT2D eigenvalue weighted by molar-refractivity contribution is 0.128. The van der Waals surface area contributed by atoms with E-state index >= 15 is 0 Å². The largest absolute Gasteiger partial charge is 0.334 e. The molecule has 0 spiro atoms. The van der Waals surface area contributed by atoms with Crippen molar-refractivity contribution in [1.82, 2.24) is 20.0 Å². The van der Waals surface area contributed by atoms with Gasteiger partial charge in [-0.05, 0) is 17.7 Å². The van der Waals surface area contributed by atoms with E-state index in [9.17, 15) is 14.0 Å². The van der Waals surface area contributed by atoms with Crippen LogP contribution in [0.25, 0.3) is 0 Å². The van der Waals surface area contributed by atoms with Gasteiger partial charge < -0.3 is 20.0 Å². The second-order valence-electron chi connectivity index (χ2n) is 5.56. The van der Waals surface area contributed by atoms with Crippen LogP contribution in [0.3, 0.4) is 0 Å². The molecule has 1 aliphatic rings. The van der Waals surface area contributed by atoms with Crippen molar-refractivity contribution in [2.45, 2.75) is 6.54 Å². The summed E-state index contributed by atoms with van der Waals surface area (Å²) < 4.78 is 13.1. The highest BCUT2D eigenvalue weighted by Gasteiger charge is 2.24. The van der Waals surface area contributed by atoms with Crippen molar-refractivity contribution in [2.75, 3.05) is 40.3 Å². The summed E-state index contributed by atoms with van der Waals surface area (Å²) in [6.45, 7) is 2.25. The smallest absolute Gasteiger partial charge is 0.319 e. The van der Waals surface area contributed by atoms with Gasteiger partial charge in [0, 0.05) is 46.8 Å². The van der Waals surface area contributed by atoms with Gasteiger partial charge in [0.25, 0.3) is 0 Å². The minimum atomic E-state index is -0.483. The van der Waals surface area contributed by atoms with Crippen molar-refractivity contribution in [2.24, 2.45) is 0 Å². The molecule has 2 rings (SSSR count). The van der Waals surface area contributed by atoms with Gasteiger partial charge >= 0.3 is 12.1 Å². The Morgan fingerprint density at radius 2 is 1.83 bits per heavy atom. The number of carbonyl (C=O) groups excluding carboxylic acids is 2. The fraction of sp³-hybridized carbons (Fsp3) is 0.467. The third kappa shape index (κ3) is 4.48. The number of urea groups is 2. The summed E-state index contributed by atoms with van der Waals surface area (Å²) in [6.07, 6.45) is 0. The summed E-state index contributed by atoms with van der Waals surface area (Å²) in [6, 6.07) is 4.09. The Labute approximate surface area is 139 Å². The predicted octanol–water partition coefficient (Wildman–Crippen LogP) is 1.99. The molecule has 0 unspecified atom stereocenters. The van der Waals surface area contributed by atoms with E-state index in [4.69, 9.17) is 11.6 Å². The van der Waals surface area contributed by atoms with Gasteiger partial charge in [-0.25, -0.2) is 14.0 Å². The molecule has 0 radical (unpaired) electrons. The Morgan fingerprint density at radius 3 is 2.39 bits per heavy atom. The Hall–Kier alpha value is -2.02. The van der Waals surface area contributed by atoms with Crippen molar-refractivity contribution < 1.29 is 14.0 Å². The molecular formula is C15H20ClFN4O2. The maximum Gasteiger partial charge on any atom is 0.319 e. The normalized spacial score (nSPS) is 14.6. The zero-order chi connectivity index (χ0) is 17.0. The van der Waals surface area contributed by atoms with E-state index in [1.165, 1.54) is 17.0 Å². The molecule has 23 heavy (non-hydrogen) atoms. The van der Waals surface area contributed by atoms with Gasteiger partial charge in [-0.1, -0.05) is 17.7 Å². The van der Waals surface area contributed by atoms with E-state index in [1.54, 1.807) is 30.0 Å². The zero-order valence-electron chi connectivity index (χ0n) is 13.2. The topological polar surface area (TPSA) is 55.9 Å². The molecule has 1 aliphatic heterocycles. The molecule has 1 heterocycles. The van der Waals surface area contributed by atoms with Crippen LogP contribution in [-0.2, 0) is 6.54 Å². The molecule has 1 saturated heterocycles. The second kappa shape index (κ2) is 7.50. The van der Waals surface area contributed by atoms with Crippen molar-refractivity contribution in [1.29, 1.82) is 0 Å². The van der Waals surface area contributed by atoms with Crippen LogP contribution in [0.1, 0.15) is 5.56 Å². The number of hydrogen-bond acceptors (Lipinski definition) is 2. The number of nitrogens with one attached hydrogen (secondary N) is 1. The van der Waals surface area contributed by atoms with Crippen LogP contribution in [0.4, 0.5) is 14.0 Å². The molecule has 1 fully saturated rings. The number of nitrogens with zero attached hydrogens (tertiary/aromatic N) is 3. The first-order chi connectivity index (χ1) is 10.9. The predicted molar refractivity (Wildman–Crippen MR) is 85.9 cm³/mol. The van der Waals surface area contributed by atoms with Crippen LogP contribution in [0.15, 0.2) is 18.2 Å². The fourth-order valence-corrected chi connectivity index (χ4v) is 2.53. The molecule has 4 amide bonds. The summed E-state index contributed by atoms with van der Waals surface area (Å²) in [5, 5.41) is 2.81. The number of amides is 4. The molecule has 0 saturated carbocycles. The van der Waals surface area contributed by atoms with E-state index in [2.05, 4.69) is 5.32 Å². The van der Waals surface area contributed by atoms with Crippen LogP contribution in [0.2, 0.25) is 5.02 Å². The number of rotatable bonds is 2. The van der Waals surface area contributed by atoms with Crippen LogP contribution in [-0.4, -0.2) is 67.0 Å². The maximum atomic E-state index is 13.1. The zero-order valence-corrected chi connectivity index (χ0v) is 13.9. The molecule has 8 heteroatoms. The number of benzene rings is 1. The third-order valence-electron chi connectivity index (χ3n) is 3.65. The van der Waals surface area contributed by atoms with Crippen LogP contribution in [0.5, 0.6) is 0 Å². The first-order valence-electron chi connectivity index (χ1n) is 7.31. The Kier molecular flexibility index (Phi) is 5.65. The molecule has 1 aromatic rings. The molecule has 0 aromatic heterocycles. The third-order valence-corrected chi connectivity index (χ3v) is 3.94.